The first-order valence-electron chi connectivity index (χ1n) is 4.20. The topological polar surface area (TPSA) is 29.1 Å². The van der Waals surface area contributed by atoms with Gasteiger partial charge in [0.15, 0.2) is 0 Å². The molecule has 12 heavy (non-hydrogen) atoms. The molecular formula is C9H18ClNO. The highest BCUT2D eigenvalue weighted by Gasteiger charge is 2.28. The van der Waals surface area contributed by atoms with Crippen LogP contribution < -0.4 is 5.32 Å². The van der Waals surface area contributed by atoms with E-state index < -0.39 is 4.87 Å². The van der Waals surface area contributed by atoms with Gasteiger partial charge in [0.05, 0.1) is 0 Å². The van der Waals surface area contributed by atoms with Gasteiger partial charge in [0.1, 0.15) is 4.87 Å². The van der Waals surface area contributed by atoms with Gasteiger partial charge < -0.3 is 5.32 Å². The Kier molecular flexibility index (Phi) is 3.58. The molecule has 0 aromatic rings. The van der Waals surface area contributed by atoms with Crippen LogP contribution in [0.2, 0.25) is 0 Å². The highest BCUT2D eigenvalue weighted by Crippen LogP contribution is 2.15. The monoisotopic (exact) mass is 191 g/mol. The zero-order chi connectivity index (χ0) is 9.99. The smallest absolute Gasteiger partial charge is 0.241 e. The van der Waals surface area contributed by atoms with Crippen LogP contribution >= 0.6 is 11.6 Å². The molecule has 2 nitrogen and oxygen atoms in total. The molecule has 0 aliphatic carbocycles. The van der Waals surface area contributed by atoms with E-state index in [0.717, 1.165) is 6.42 Å². The van der Waals surface area contributed by atoms with Gasteiger partial charge in [-0.25, -0.2) is 0 Å². The van der Waals surface area contributed by atoms with Crippen molar-refractivity contribution < 1.29 is 4.79 Å². The number of alkyl halides is 1. The Labute approximate surface area is 79.7 Å². The molecule has 0 saturated carbocycles. The van der Waals surface area contributed by atoms with Crippen LogP contribution in [0.3, 0.4) is 0 Å². The summed E-state index contributed by atoms with van der Waals surface area (Å²) in [5.41, 5.74) is -0.163. The average molecular weight is 192 g/mol. The second kappa shape index (κ2) is 3.65. The molecule has 0 fully saturated rings. The van der Waals surface area contributed by atoms with Crippen molar-refractivity contribution in [2.24, 2.45) is 0 Å². The first-order valence-corrected chi connectivity index (χ1v) is 4.58. The molecule has 0 aromatic heterocycles. The molecule has 0 unspecified atom stereocenters. The molecule has 0 heterocycles. The molecule has 0 aromatic carbocycles. The van der Waals surface area contributed by atoms with Gasteiger partial charge in [0, 0.05) is 5.54 Å². The first kappa shape index (κ1) is 11.8. The van der Waals surface area contributed by atoms with Gasteiger partial charge >= 0.3 is 0 Å². The first-order chi connectivity index (χ1) is 5.19. The summed E-state index contributed by atoms with van der Waals surface area (Å²) in [4.78, 5) is 10.6. The van der Waals surface area contributed by atoms with Gasteiger partial charge in [-0.1, -0.05) is 6.92 Å². The number of hydrogen-bond donors (Lipinski definition) is 1. The summed E-state index contributed by atoms with van der Waals surface area (Å²) in [7, 11) is 0. The minimum atomic E-state index is -0.813. The van der Waals surface area contributed by atoms with E-state index >= 15 is 0 Å². The standard InChI is InChI=1S/C9H18ClNO/c1-6-8(2,3)11-7(12)9(4,5)10/h6H2,1-5H3,(H,11,12). The lowest BCUT2D eigenvalue weighted by atomic mass is 10.0. The average Bonchev–Trinajstić information content (AvgIpc) is 1.85. The van der Waals surface area contributed by atoms with Crippen LogP contribution in [0.5, 0.6) is 0 Å². The number of nitrogens with one attached hydrogen (secondary N) is 1. The van der Waals surface area contributed by atoms with Crippen molar-refractivity contribution in [2.75, 3.05) is 0 Å². The predicted molar refractivity (Wildman–Crippen MR) is 52.4 cm³/mol. The summed E-state index contributed by atoms with van der Waals surface area (Å²) in [5, 5.41) is 2.88. The SMILES string of the molecule is CCC(C)(C)NC(=O)C(C)(C)Cl. The summed E-state index contributed by atoms with van der Waals surface area (Å²) in [6, 6.07) is 0. The summed E-state index contributed by atoms with van der Waals surface area (Å²) >= 11 is 5.83. The largest absolute Gasteiger partial charge is 0.350 e. The Balaban J connectivity index is 4.20. The summed E-state index contributed by atoms with van der Waals surface area (Å²) in [6.07, 6.45) is 0.895. The van der Waals surface area contributed by atoms with Crippen molar-refractivity contribution in [1.29, 1.82) is 0 Å². The van der Waals surface area contributed by atoms with Crippen LogP contribution in [0.25, 0.3) is 0 Å². The Morgan fingerprint density at radius 2 is 1.75 bits per heavy atom. The Bertz CT molecular complexity index is 170. The summed E-state index contributed by atoms with van der Waals surface area (Å²) < 4.78 is 0. The number of halogens is 1. The number of rotatable bonds is 3. The van der Waals surface area contributed by atoms with Crippen molar-refractivity contribution in [3.63, 3.8) is 0 Å². The zero-order valence-corrected chi connectivity index (χ0v) is 9.25. The number of carbonyl (C=O) groups is 1. The van der Waals surface area contributed by atoms with Crippen molar-refractivity contribution in [3.8, 4) is 0 Å². The van der Waals surface area contributed by atoms with Crippen LogP contribution in [0.1, 0.15) is 41.0 Å². The van der Waals surface area contributed by atoms with E-state index in [1.807, 2.05) is 20.8 Å². The molecule has 1 N–H and O–H groups in total. The van der Waals surface area contributed by atoms with E-state index in [1.165, 1.54) is 0 Å². The fraction of sp³-hybridized carbons (Fsp3) is 0.889. The van der Waals surface area contributed by atoms with Crippen LogP contribution in [0.4, 0.5) is 0 Å². The number of carbonyl (C=O) groups excluding carboxylic acids is 1. The van der Waals surface area contributed by atoms with Gasteiger partial charge in [-0.2, -0.15) is 0 Å². The lowest BCUT2D eigenvalue weighted by Gasteiger charge is -2.28. The molecule has 1 amide bonds. The molecular weight excluding hydrogens is 174 g/mol. The fourth-order valence-corrected chi connectivity index (χ4v) is 0.592. The maximum absolute atomic E-state index is 11.4. The zero-order valence-electron chi connectivity index (χ0n) is 8.49. The molecule has 0 saturated heterocycles. The Morgan fingerprint density at radius 3 is 2.00 bits per heavy atom. The number of hydrogen-bond acceptors (Lipinski definition) is 1. The maximum atomic E-state index is 11.4. The summed E-state index contributed by atoms with van der Waals surface area (Å²) in [6.45, 7) is 9.37. The maximum Gasteiger partial charge on any atom is 0.241 e. The molecule has 0 rings (SSSR count). The van der Waals surface area contributed by atoms with Gasteiger partial charge in [-0.15, -0.1) is 11.6 Å². The Hall–Kier alpha value is -0.240. The molecule has 0 aliphatic heterocycles. The van der Waals surface area contributed by atoms with Crippen LogP contribution in [0.15, 0.2) is 0 Å². The van der Waals surface area contributed by atoms with E-state index in [9.17, 15) is 4.79 Å². The second-order valence-electron chi connectivity index (χ2n) is 4.16. The molecule has 0 bridgehead atoms. The molecule has 0 spiro atoms. The molecule has 0 radical (unpaired) electrons. The molecule has 3 heteroatoms. The quantitative estimate of drug-likeness (QED) is 0.682. The van der Waals surface area contributed by atoms with E-state index in [1.54, 1.807) is 13.8 Å². The third-order valence-electron chi connectivity index (χ3n) is 1.88. The number of amides is 1. The van der Waals surface area contributed by atoms with E-state index in [0.29, 0.717) is 0 Å². The van der Waals surface area contributed by atoms with Gasteiger partial charge in [-0.05, 0) is 34.1 Å². The minimum absolute atomic E-state index is 0.115. The lowest BCUT2D eigenvalue weighted by Crippen LogP contribution is -2.49. The van der Waals surface area contributed by atoms with E-state index in [2.05, 4.69) is 5.32 Å². The highest BCUT2D eigenvalue weighted by atomic mass is 35.5. The van der Waals surface area contributed by atoms with Gasteiger partial charge in [0.2, 0.25) is 5.91 Å². The normalized spacial score (nSPS) is 12.8. The van der Waals surface area contributed by atoms with Crippen molar-refractivity contribution >= 4 is 17.5 Å². The van der Waals surface area contributed by atoms with Crippen LogP contribution in [-0.4, -0.2) is 16.3 Å². The predicted octanol–water partition coefficient (Wildman–Crippen LogP) is 2.31. The molecule has 72 valence electrons. The third kappa shape index (κ3) is 3.96. The molecule has 0 aliphatic rings. The highest BCUT2D eigenvalue weighted by molar-refractivity contribution is 6.34. The van der Waals surface area contributed by atoms with Crippen molar-refractivity contribution in [3.05, 3.63) is 0 Å². The molecule has 0 atom stereocenters. The Morgan fingerprint density at radius 1 is 1.33 bits per heavy atom. The fourth-order valence-electron chi connectivity index (χ4n) is 0.544. The van der Waals surface area contributed by atoms with E-state index in [-0.39, 0.29) is 11.4 Å². The third-order valence-corrected chi connectivity index (χ3v) is 2.05. The van der Waals surface area contributed by atoms with Crippen molar-refractivity contribution in [2.45, 2.75) is 51.5 Å². The lowest BCUT2D eigenvalue weighted by molar-refractivity contribution is -0.124. The summed E-state index contributed by atoms with van der Waals surface area (Å²) in [5.74, 6) is -0.115. The van der Waals surface area contributed by atoms with E-state index in [4.69, 9.17) is 11.6 Å². The minimum Gasteiger partial charge on any atom is -0.350 e. The van der Waals surface area contributed by atoms with Gasteiger partial charge in [0.25, 0.3) is 0 Å². The van der Waals surface area contributed by atoms with Gasteiger partial charge in [-0.3, -0.25) is 4.79 Å². The second-order valence-corrected chi connectivity index (χ2v) is 5.11. The van der Waals surface area contributed by atoms with Crippen LogP contribution in [-0.2, 0) is 4.79 Å². The van der Waals surface area contributed by atoms with Crippen molar-refractivity contribution in [1.82, 2.24) is 5.32 Å². The van der Waals surface area contributed by atoms with Crippen LogP contribution in [0, 0.1) is 0 Å².